The molecule has 0 radical (unpaired) electrons. The van der Waals surface area contributed by atoms with Crippen molar-refractivity contribution in [2.75, 3.05) is 20.3 Å². The summed E-state index contributed by atoms with van der Waals surface area (Å²) in [5.41, 5.74) is 6.93. The fourth-order valence-electron chi connectivity index (χ4n) is 2.16. The molecule has 104 valence electrons. The third-order valence-electron chi connectivity index (χ3n) is 3.24. The van der Waals surface area contributed by atoms with Crippen LogP contribution in [0.25, 0.3) is 0 Å². The van der Waals surface area contributed by atoms with Crippen molar-refractivity contribution in [3.63, 3.8) is 0 Å². The molecule has 1 aliphatic heterocycles. The van der Waals surface area contributed by atoms with Gasteiger partial charge in [-0.25, -0.2) is 0 Å². The number of carbonyl (C=O) groups is 1. The van der Waals surface area contributed by atoms with Gasteiger partial charge in [0.15, 0.2) is 11.5 Å². The molecular weight excluding hydrogens is 246 g/mol. The van der Waals surface area contributed by atoms with E-state index in [2.05, 4.69) is 0 Å². The average molecular weight is 265 g/mol. The SMILES string of the molecule is COC(=O)CC(c1ccc2c(c1)OCCO2)C(C)N. The first kappa shape index (κ1) is 13.7. The van der Waals surface area contributed by atoms with Gasteiger partial charge in [0.1, 0.15) is 13.2 Å². The lowest BCUT2D eigenvalue weighted by atomic mass is 9.89. The molecule has 1 heterocycles. The zero-order valence-corrected chi connectivity index (χ0v) is 11.2. The van der Waals surface area contributed by atoms with E-state index in [0.717, 1.165) is 11.3 Å². The summed E-state index contributed by atoms with van der Waals surface area (Å²) in [6, 6.07) is 5.52. The van der Waals surface area contributed by atoms with Gasteiger partial charge in [-0.05, 0) is 24.6 Å². The van der Waals surface area contributed by atoms with Crippen LogP contribution in [-0.2, 0) is 9.53 Å². The van der Waals surface area contributed by atoms with Crippen LogP contribution >= 0.6 is 0 Å². The number of esters is 1. The summed E-state index contributed by atoms with van der Waals surface area (Å²) >= 11 is 0. The van der Waals surface area contributed by atoms with Crippen LogP contribution in [0.5, 0.6) is 11.5 Å². The Morgan fingerprint density at radius 3 is 2.68 bits per heavy atom. The Labute approximate surface area is 112 Å². The summed E-state index contributed by atoms with van der Waals surface area (Å²) < 4.78 is 15.7. The standard InChI is InChI=1S/C14H19NO4/c1-9(15)11(8-14(16)17-2)10-3-4-12-13(7-10)19-6-5-18-12/h3-4,7,9,11H,5-6,8,15H2,1-2H3. The molecule has 0 saturated carbocycles. The third-order valence-corrected chi connectivity index (χ3v) is 3.24. The van der Waals surface area contributed by atoms with E-state index >= 15 is 0 Å². The molecule has 1 aromatic rings. The Balaban J connectivity index is 2.24. The second kappa shape index (κ2) is 5.93. The highest BCUT2D eigenvalue weighted by Gasteiger charge is 2.22. The second-order valence-corrected chi connectivity index (χ2v) is 4.65. The molecule has 5 nitrogen and oxygen atoms in total. The van der Waals surface area contributed by atoms with Crippen LogP contribution in [0, 0.1) is 0 Å². The van der Waals surface area contributed by atoms with Gasteiger partial charge in [0.25, 0.3) is 0 Å². The molecule has 0 bridgehead atoms. The second-order valence-electron chi connectivity index (χ2n) is 4.65. The van der Waals surface area contributed by atoms with Crippen LogP contribution < -0.4 is 15.2 Å². The number of carbonyl (C=O) groups excluding carboxylic acids is 1. The lowest BCUT2D eigenvalue weighted by Crippen LogP contribution is -2.27. The number of methoxy groups -OCH3 is 1. The monoisotopic (exact) mass is 265 g/mol. The van der Waals surface area contributed by atoms with Crippen molar-refractivity contribution in [2.24, 2.45) is 5.73 Å². The number of benzene rings is 1. The third kappa shape index (κ3) is 3.17. The molecule has 19 heavy (non-hydrogen) atoms. The smallest absolute Gasteiger partial charge is 0.306 e. The lowest BCUT2D eigenvalue weighted by molar-refractivity contribution is -0.141. The van der Waals surface area contributed by atoms with E-state index in [-0.39, 0.29) is 24.3 Å². The maximum absolute atomic E-state index is 11.5. The van der Waals surface area contributed by atoms with Gasteiger partial charge in [0, 0.05) is 12.0 Å². The van der Waals surface area contributed by atoms with Gasteiger partial charge >= 0.3 is 5.97 Å². The van der Waals surface area contributed by atoms with Crippen molar-refractivity contribution < 1.29 is 19.0 Å². The fourth-order valence-corrected chi connectivity index (χ4v) is 2.16. The van der Waals surface area contributed by atoms with Crippen molar-refractivity contribution in [1.29, 1.82) is 0 Å². The summed E-state index contributed by atoms with van der Waals surface area (Å²) in [5, 5.41) is 0. The highest BCUT2D eigenvalue weighted by molar-refractivity contribution is 5.70. The van der Waals surface area contributed by atoms with Crippen molar-refractivity contribution >= 4 is 5.97 Å². The van der Waals surface area contributed by atoms with Crippen molar-refractivity contribution in [3.05, 3.63) is 23.8 Å². The normalized spacial score (nSPS) is 16.6. The molecule has 0 aromatic heterocycles. The van der Waals surface area contributed by atoms with Crippen molar-refractivity contribution in [1.82, 2.24) is 0 Å². The Kier molecular flexibility index (Phi) is 4.27. The van der Waals surface area contributed by atoms with Gasteiger partial charge in [0.2, 0.25) is 0 Å². The lowest BCUT2D eigenvalue weighted by Gasteiger charge is -2.23. The van der Waals surface area contributed by atoms with Gasteiger partial charge in [-0.1, -0.05) is 6.07 Å². The summed E-state index contributed by atoms with van der Waals surface area (Å²) in [7, 11) is 1.38. The van der Waals surface area contributed by atoms with Gasteiger partial charge in [-0.3, -0.25) is 4.79 Å². The van der Waals surface area contributed by atoms with Crippen LogP contribution in [-0.4, -0.2) is 32.3 Å². The first-order valence-corrected chi connectivity index (χ1v) is 6.33. The van der Waals surface area contributed by atoms with E-state index in [0.29, 0.717) is 19.0 Å². The molecule has 2 rings (SSSR count). The number of hydrogen-bond acceptors (Lipinski definition) is 5. The maximum Gasteiger partial charge on any atom is 0.306 e. The molecular formula is C14H19NO4. The first-order valence-electron chi connectivity index (χ1n) is 6.33. The van der Waals surface area contributed by atoms with Crippen LogP contribution in [0.2, 0.25) is 0 Å². The van der Waals surface area contributed by atoms with Crippen molar-refractivity contribution in [3.8, 4) is 11.5 Å². The zero-order chi connectivity index (χ0) is 13.8. The summed E-state index contributed by atoms with van der Waals surface area (Å²) in [6.45, 7) is 2.98. The van der Waals surface area contributed by atoms with Gasteiger partial charge < -0.3 is 19.9 Å². The molecule has 0 amide bonds. The highest BCUT2D eigenvalue weighted by atomic mass is 16.6. The maximum atomic E-state index is 11.5. The Bertz CT molecular complexity index is 459. The number of nitrogens with two attached hydrogens (primary N) is 1. The minimum Gasteiger partial charge on any atom is -0.486 e. The Morgan fingerprint density at radius 1 is 1.37 bits per heavy atom. The van der Waals surface area contributed by atoms with E-state index < -0.39 is 0 Å². The summed E-state index contributed by atoms with van der Waals surface area (Å²) in [6.07, 6.45) is 0.258. The van der Waals surface area contributed by atoms with E-state index in [1.165, 1.54) is 7.11 Å². The van der Waals surface area contributed by atoms with Crippen LogP contribution in [0.4, 0.5) is 0 Å². The molecule has 0 saturated heterocycles. The molecule has 0 spiro atoms. The van der Waals surface area contributed by atoms with E-state index in [9.17, 15) is 4.79 Å². The van der Waals surface area contributed by atoms with Crippen LogP contribution in [0.3, 0.4) is 0 Å². The van der Waals surface area contributed by atoms with E-state index in [4.69, 9.17) is 19.9 Å². The molecule has 1 aliphatic rings. The zero-order valence-electron chi connectivity index (χ0n) is 11.2. The Morgan fingerprint density at radius 2 is 2.05 bits per heavy atom. The average Bonchev–Trinajstić information content (AvgIpc) is 2.43. The predicted molar refractivity (Wildman–Crippen MR) is 70.5 cm³/mol. The molecule has 1 aromatic carbocycles. The van der Waals surface area contributed by atoms with Gasteiger partial charge in [-0.15, -0.1) is 0 Å². The summed E-state index contributed by atoms with van der Waals surface area (Å²) in [4.78, 5) is 11.5. The van der Waals surface area contributed by atoms with Gasteiger partial charge in [-0.2, -0.15) is 0 Å². The molecule has 2 unspecified atom stereocenters. The molecule has 2 atom stereocenters. The molecule has 2 N–H and O–H groups in total. The predicted octanol–water partition coefficient (Wildman–Crippen LogP) is 1.45. The topological polar surface area (TPSA) is 70.8 Å². The number of fused-ring (bicyclic) bond motifs is 1. The molecule has 0 aliphatic carbocycles. The minimum absolute atomic E-state index is 0.0942. The first-order chi connectivity index (χ1) is 9.11. The molecule has 5 heteroatoms. The van der Waals surface area contributed by atoms with Crippen LogP contribution in [0.1, 0.15) is 24.8 Å². The van der Waals surface area contributed by atoms with E-state index in [1.807, 2.05) is 25.1 Å². The largest absolute Gasteiger partial charge is 0.486 e. The van der Waals surface area contributed by atoms with Crippen LogP contribution in [0.15, 0.2) is 18.2 Å². The fraction of sp³-hybridized carbons (Fsp3) is 0.500. The highest BCUT2D eigenvalue weighted by Crippen LogP contribution is 2.34. The van der Waals surface area contributed by atoms with Gasteiger partial charge in [0.05, 0.1) is 13.5 Å². The van der Waals surface area contributed by atoms with E-state index in [1.54, 1.807) is 0 Å². The minimum atomic E-state index is -0.266. The number of rotatable bonds is 4. The Hall–Kier alpha value is -1.75. The summed E-state index contributed by atoms with van der Waals surface area (Å²) in [5.74, 6) is 1.08. The van der Waals surface area contributed by atoms with Crippen molar-refractivity contribution in [2.45, 2.75) is 25.3 Å². The number of ether oxygens (including phenoxy) is 3. The quantitative estimate of drug-likeness (QED) is 0.834. The molecule has 0 fully saturated rings. The number of hydrogen-bond donors (Lipinski definition) is 1.